The van der Waals surface area contributed by atoms with E-state index in [4.69, 9.17) is 9.47 Å². The van der Waals surface area contributed by atoms with Crippen LogP contribution in [0.4, 0.5) is 0 Å². The molecule has 0 atom stereocenters. The van der Waals surface area contributed by atoms with Crippen molar-refractivity contribution in [3.8, 4) is 17.2 Å². The highest BCUT2D eigenvalue weighted by Crippen LogP contribution is 2.31. The Labute approximate surface area is 87.4 Å². The van der Waals surface area contributed by atoms with E-state index >= 15 is 0 Å². The van der Waals surface area contributed by atoms with Gasteiger partial charge in [-0.15, -0.1) is 0 Å². The van der Waals surface area contributed by atoms with Crippen LogP contribution in [-0.4, -0.2) is 20.2 Å². The van der Waals surface area contributed by atoms with Crippen LogP contribution in [0.25, 0.3) is 0 Å². The fourth-order valence-electron chi connectivity index (χ4n) is 1.04. The molecule has 5 nitrogen and oxygen atoms in total. The summed E-state index contributed by atoms with van der Waals surface area (Å²) in [4.78, 5) is 18.5. The molecule has 15 heavy (non-hydrogen) atoms. The maximum atomic E-state index is 9.81. The quantitative estimate of drug-likeness (QED) is 0.526. The van der Waals surface area contributed by atoms with Gasteiger partial charge < -0.3 is 9.47 Å². The van der Waals surface area contributed by atoms with Gasteiger partial charge >= 0.3 is 6.47 Å². The van der Waals surface area contributed by atoms with Crippen molar-refractivity contribution >= 4 is 6.47 Å². The minimum atomic E-state index is 0.282. The van der Waals surface area contributed by atoms with Crippen molar-refractivity contribution in [2.24, 2.45) is 0 Å². The molecule has 0 aliphatic rings. The van der Waals surface area contributed by atoms with E-state index in [2.05, 4.69) is 9.78 Å². The molecule has 0 N–H and O–H groups in total. The van der Waals surface area contributed by atoms with Gasteiger partial charge in [0.2, 0.25) is 5.75 Å². The minimum Gasteiger partial charge on any atom is -0.494 e. The van der Waals surface area contributed by atoms with Crippen molar-refractivity contribution in [2.75, 3.05) is 13.7 Å². The van der Waals surface area contributed by atoms with Gasteiger partial charge in [-0.2, -0.15) is 0 Å². The van der Waals surface area contributed by atoms with Gasteiger partial charge in [-0.05, 0) is 19.1 Å². The van der Waals surface area contributed by atoms with E-state index in [-0.39, 0.29) is 5.75 Å². The molecule has 0 aliphatic heterocycles. The molecular formula is C10H11O5. The van der Waals surface area contributed by atoms with Crippen LogP contribution in [0.3, 0.4) is 0 Å². The Morgan fingerprint density at radius 2 is 2.13 bits per heavy atom. The lowest BCUT2D eigenvalue weighted by atomic mass is 10.3. The van der Waals surface area contributed by atoms with Crippen LogP contribution in [0.1, 0.15) is 6.92 Å². The van der Waals surface area contributed by atoms with Gasteiger partial charge in [0.15, 0.2) is 5.75 Å². The normalized spacial score (nSPS) is 9.20. The number of carbonyl (C=O) groups excluding carboxylic acids is 1. The van der Waals surface area contributed by atoms with Gasteiger partial charge in [0.1, 0.15) is 5.75 Å². The van der Waals surface area contributed by atoms with E-state index in [9.17, 15) is 4.79 Å². The Hall–Kier alpha value is -1.91. The van der Waals surface area contributed by atoms with E-state index in [1.807, 2.05) is 6.92 Å². The zero-order chi connectivity index (χ0) is 11.1. The second kappa shape index (κ2) is 5.74. The number of hydrogen-bond donors (Lipinski definition) is 0. The predicted molar refractivity (Wildman–Crippen MR) is 51.6 cm³/mol. The Morgan fingerprint density at radius 1 is 1.33 bits per heavy atom. The topological polar surface area (TPSA) is 54.0 Å². The summed E-state index contributed by atoms with van der Waals surface area (Å²) in [5.41, 5.74) is 0. The predicted octanol–water partition coefficient (Wildman–Crippen LogP) is 1.47. The highest BCUT2D eigenvalue weighted by atomic mass is 17.2. The van der Waals surface area contributed by atoms with Crippen molar-refractivity contribution in [1.82, 2.24) is 0 Å². The van der Waals surface area contributed by atoms with Crippen molar-refractivity contribution in [3.63, 3.8) is 0 Å². The van der Waals surface area contributed by atoms with Gasteiger partial charge in [0.25, 0.3) is 0 Å². The minimum absolute atomic E-state index is 0.282. The second-order valence-electron chi connectivity index (χ2n) is 2.50. The molecule has 1 aromatic carbocycles. The van der Waals surface area contributed by atoms with Crippen LogP contribution in [0.15, 0.2) is 18.2 Å². The molecule has 0 aliphatic carbocycles. The Kier molecular flexibility index (Phi) is 4.28. The maximum absolute atomic E-state index is 9.81. The summed E-state index contributed by atoms with van der Waals surface area (Å²) < 4.78 is 10.3. The van der Waals surface area contributed by atoms with E-state index < -0.39 is 0 Å². The van der Waals surface area contributed by atoms with Crippen LogP contribution in [0.2, 0.25) is 0 Å². The van der Waals surface area contributed by atoms with Gasteiger partial charge in [-0.1, -0.05) is 0 Å². The Bertz CT molecular complexity index is 324. The average Bonchev–Trinajstić information content (AvgIpc) is 2.27. The van der Waals surface area contributed by atoms with E-state index in [1.54, 1.807) is 18.2 Å². The maximum Gasteiger partial charge on any atom is 0.467 e. The molecule has 0 fully saturated rings. The lowest BCUT2D eigenvalue weighted by molar-refractivity contribution is -0.119. The molecule has 5 heteroatoms. The third-order valence-corrected chi connectivity index (χ3v) is 1.61. The summed E-state index contributed by atoms with van der Waals surface area (Å²) in [6.45, 7) is 3.58. The first-order valence-corrected chi connectivity index (χ1v) is 4.33. The first-order valence-electron chi connectivity index (χ1n) is 4.33. The fraction of sp³-hybridized carbons (Fsp3) is 0.300. The average molecular weight is 211 g/mol. The number of rotatable bonds is 6. The smallest absolute Gasteiger partial charge is 0.467 e. The van der Waals surface area contributed by atoms with Gasteiger partial charge in [-0.3, -0.25) is 4.89 Å². The molecule has 0 amide bonds. The summed E-state index contributed by atoms with van der Waals surface area (Å²) in [6.07, 6.45) is 0. The molecule has 0 saturated heterocycles. The third-order valence-electron chi connectivity index (χ3n) is 1.61. The number of ether oxygens (including phenoxy) is 2. The molecule has 0 saturated carbocycles. The SMILES string of the molecule is CCOc1ccc(OO[C]=O)c(OC)c1. The van der Waals surface area contributed by atoms with E-state index in [0.29, 0.717) is 18.1 Å². The first kappa shape index (κ1) is 11.2. The lowest BCUT2D eigenvalue weighted by Crippen LogP contribution is -1.98. The van der Waals surface area contributed by atoms with Crippen LogP contribution in [-0.2, 0) is 9.68 Å². The van der Waals surface area contributed by atoms with Crippen molar-refractivity contribution in [2.45, 2.75) is 6.92 Å². The molecule has 0 spiro atoms. The molecular weight excluding hydrogens is 200 g/mol. The molecule has 0 heterocycles. The lowest BCUT2D eigenvalue weighted by Gasteiger charge is -2.08. The monoisotopic (exact) mass is 211 g/mol. The van der Waals surface area contributed by atoms with Crippen molar-refractivity contribution < 1.29 is 24.0 Å². The zero-order valence-electron chi connectivity index (χ0n) is 8.48. The van der Waals surface area contributed by atoms with Crippen LogP contribution in [0, 0.1) is 0 Å². The third kappa shape index (κ3) is 3.05. The molecule has 1 rings (SSSR count). The van der Waals surface area contributed by atoms with E-state index in [1.165, 1.54) is 7.11 Å². The van der Waals surface area contributed by atoms with Crippen LogP contribution < -0.4 is 14.4 Å². The molecule has 1 radical (unpaired) electrons. The number of benzene rings is 1. The van der Waals surface area contributed by atoms with Gasteiger partial charge in [-0.25, -0.2) is 9.68 Å². The molecule has 1 aromatic rings. The van der Waals surface area contributed by atoms with Crippen molar-refractivity contribution in [3.05, 3.63) is 18.2 Å². The first-order chi connectivity index (χ1) is 7.31. The van der Waals surface area contributed by atoms with Crippen LogP contribution in [0.5, 0.6) is 17.2 Å². The zero-order valence-corrected chi connectivity index (χ0v) is 8.48. The summed E-state index contributed by atoms with van der Waals surface area (Å²) >= 11 is 0. The van der Waals surface area contributed by atoms with E-state index in [0.717, 1.165) is 6.47 Å². The summed E-state index contributed by atoms with van der Waals surface area (Å²) in [7, 11) is 1.47. The number of methoxy groups -OCH3 is 1. The summed E-state index contributed by atoms with van der Waals surface area (Å²) in [5, 5.41) is 0. The van der Waals surface area contributed by atoms with Crippen molar-refractivity contribution in [1.29, 1.82) is 0 Å². The molecule has 0 unspecified atom stereocenters. The van der Waals surface area contributed by atoms with Crippen LogP contribution >= 0.6 is 0 Å². The molecule has 0 aromatic heterocycles. The standard InChI is InChI=1S/C10H11O5/c1-3-13-8-4-5-9(15-14-7-11)10(6-8)12-2/h4-6H,3H2,1-2H3. The largest absolute Gasteiger partial charge is 0.494 e. The fourth-order valence-corrected chi connectivity index (χ4v) is 1.04. The molecule has 0 bridgehead atoms. The Morgan fingerprint density at radius 3 is 2.73 bits per heavy atom. The number of hydrogen-bond acceptors (Lipinski definition) is 5. The second-order valence-corrected chi connectivity index (χ2v) is 2.50. The highest BCUT2D eigenvalue weighted by molar-refractivity contribution is 5.46. The van der Waals surface area contributed by atoms with Gasteiger partial charge in [0.05, 0.1) is 13.7 Å². The van der Waals surface area contributed by atoms with Gasteiger partial charge in [0, 0.05) is 6.07 Å². The summed E-state index contributed by atoms with van der Waals surface area (Å²) in [6, 6.07) is 4.88. The highest BCUT2D eigenvalue weighted by Gasteiger charge is 2.07. The summed E-state index contributed by atoms with van der Waals surface area (Å²) in [5.74, 6) is 1.34. The Balaban J connectivity index is 2.82. The molecule has 81 valence electrons.